The van der Waals surface area contributed by atoms with Crippen molar-refractivity contribution in [1.82, 2.24) is 4.98 Å². The van der Waals surface area contributed by atoms with Crippen LogP contribution in [0, 0.1) is 6.92 Å². The molecule has 0 radical (unpaired) electrons. The molecular formula is C25H26F3N3O3S. The number of aromatic nitrogens is 1. The van der Waals surface area contributed by atoms with E-state index in [9.17, 15) is 21.6 Å². The molecule has 1 fully saturated rings. The van der Waals surface area contributed by atoms with Gasteiger partial charge in [0.2, 0.25) is 10.0 Å². The van der Waals surface area contributed by atoms with Crippen molar-refractivity contribution in [2.24, 2.45) is 5.14 Å². The molecule has 0 amide bonds. The third kappa shape index (κ3) is 6.19. The molecule has 0 bridgehead atoms. The minimum atomic E-state index is -4.39. The lowest BCUT2D eigenvalue weighted by Crippen LogP contribution is -2.37. The SMILES string of the molecule is Cc1ccc(S(N)(=O)=O)c(-c2ccc(COC3CCN(c4cc(C(F)(F)F)ccn4)CC3)cc2)c1. The van der Waals surface area contributed by atoms with Gasteiger partial charge in [-0.3, -0.25) is 0 Å². The lowest BCUT2D eigenvalue weighted by atomic mass is 10.0. The van der Waals surface area contributed by atoms with Crippen LogP contribution in [-0.2, 0) is 27.5 Å². The third-order valence-corrected chi connectivity index (χ3v) is 7.00. The van der Waals surface area contributed by atoms with Gasteiger partial charge in [0.05, 0.1) is 23.2 Å². The van der Waals surface area contributed by atoms with E-state index in [0.717, 1.165) is 28.8 Å². The fourth-order valence-corrected chi connectivity index (χ4v) is 4.87. The van der Waals surface area contributed by atoms with E-state index in [2.05, 4.69) is 4.98 Å². The van der Waals surface area contributed by atoms with Gasteiger partial charge in [0.1, 0.15) is 5.82 Å². The minimum Gasteiger partial charge on any atom is -0.373 e. The van der Waals surface area contributed by atoms with E-state index in [0.29, 0.717) is 43.9 Å². The van der Waals surface area contributed by atoms with E-state index in [1.165, 1.54) is 12.3 Å². The second kappa shape index (κ2) is 9.96. The van der Waals surface area contributed by atoms with Crippen molar-refractivity contribution in [3.63, 3.8) is 0 Å². The summed E-state index contributed by atoms with van der Waals surface area (Å²) in [5, 5.41) is 5.37. The van der Waals surface area contributed by atoms with Gasteiger partial charge in [-0.05, 0) is 49.1 Å². The summed E-state index contributed by atoms with van der Waals surface area (Å²) in [5.74, 6) is 0.323. The zero-order chi connectivity index (χ0) is 25.2. The predicted octanol–water partition coefficient (Wildman–Crippen LogP) is 4.91. The molecule has 0 unspecified atom stereocenters. The van der Waals surface area contributed by atoms with Crippen LogP contribution < -0.4 is 10.0 Å². The number of hydrogen-bond donors (Lipinski definition) is 1. The monoisotopic (exact) mass is 505 g/mol. The van der Waals surface area contributed by atoms with Crippen molar-refractivity contribution in [1.29, 1.82) is 0 Å². The van der Waals surface area contributed by atoms with Crippen LogP contribution in [0.15, 0.2) is 65.7 Å². The number of alkyl halides is 3. The molecule has 186 valence electrons. The van der Waals surface area contributed by atoms with Crippen LogP contribution in [0.1, 0.15) is 29.5 Å². The quantitative estimate of drug-likeness (QED) is 0.515. The minimum absolute atomic E-state index is 0.0116. The van der Waals surface area contributed by atoms with E-state index in [1.54, 1.807) is 12.1 Å². The standard InChI is InChI=1S/C25H26F3N3O3S/c1-17-2-7-23(35(29,32)33)22(14-17)19-5-3-18(4-6-19)16-34-21-9-12-31(13-10-21)24-15-20(8-11-30-24)25(26,27)28/h2-8,11,14-15,21H,9-10,12-13,16H2,1H3,(H2,29,32,33). The van der Waals surface area contributed by atoms with E-state index in [4.69, 9.17) is 9.88 Å². The second-order valence-corrected chi connectivity index (χ2v) is 10.2. The van der Waals surface area contributed by atoms with Gasteiger partial charge < -0.3 is 9.64 Å². The maximum absolute atomic E-state index is 13.0. The number of benzene rings is 2. The van der Waals surface area contributed by atoms with Crippen LogP contribution in [0.5, 0.6) is 0 Å². The van der Waals surface area contributed by atoms with Crippen LogP contribution >= 0.6 is 0 Å². The van der Waals surface area contributed by atoms with E-state index in [-0.39, 0.29) is 11.0 Å². The molecule has 6 nitrogen and oxygen atoms in total. The van der Waals surface area contributed by atoms with Gasteiger partial charge in [0.15, 0.2) is 0 Å². The summed E-state index contributed by atoms with van der Waals surface area (Å²) in [4.78, 5) is 6.01. The molecule has 0 aliphatic carbocycles. The number of hydrogen-bond acceptors (Lipinski definition) is 5. The molecular weight excluding hydrogens is 479 g/mol. The fraction of sp³-hybridized carbons (Fsp3) is 0.320. The molecule has 35 heavy (non-hydrogen) atoms. The number of pyridine rings is 1. The largest absolute Gasteiger partial charge is 0.416 e. The van der Waals surface area contributed by atoms with Gasteiger partial charge in [-0.1, -0.05) is 42.0 Å². The molecule has 2 heterocycles. The Balaban J connectivity index is 1.35. The van der Waals surface area contributed by atoms with Crippen LogP contribution in [0.4, 0.5) is 19.0 Å². The third-order valence-electron chi connectivity index (χ3n) is 6.03. The number of nitrogens with two attached hydrogens (primary N) is 1. The number of halogens is 3. The van der Waals surface area contributed by atoms with Gasteiger partial charge in [-0.2, -0.15) is 13.2 Å². The highest BCUT2D eigenvalue weighted by Crippen LogP contribution is 2.32. The number of piperidine rings is 1. The number of rotatable bonds is 6. The molecule has 0 saturated carbocycles. The first-order valence-corrected chi connectivity index (χ1v) is 12.7. The van der Waals surface area contributed by atoms with Gasteiger partial charge in [-0.25, -0.2) is 18.5 Å². The maximum atomic E-state index is 13.0. The van der Waals surface area contributed by atoms with Crippen molar-refractivity contribution >= 4 is 15.8 Å². The highest BCUT2D eigenvalue weighted by Gasteiger charge is 2.31. The Morgan fingerprint density at radius 1 is 1.06 bits per heavy atom. The average molecular weight is 506 g/mol. The predicted molar refractivity (Wildman–Crippen MR) is 127 cm³/mol. The molecule has 1 aliphatic heterocycles. The lowest BCUT2D eigenvalue weighted by Gasteiger charge is -2.33. The lowest BCUT2D eigenvalue weighted by molar-refractivity contribution is -0.137. The number of nitrogens with zero attached hydrogens (tertiary/aromatic N) is 2. The summed E-state index contributed by atoms with van der Waals surface area (Å²) in [6.45, 7) is 3.37. The second-order valence-electron chi connectivity index (χ2n) is 8.64. The number of aryl methyl sites for hydroxylation is 1. The van der Waals surface area contributed by atoms with Crippen molar-refractivity contribution in [3.05, 3.63) is 77.5 Å². The Morgan fingerprint density at radius 3 is 2.37 bits per heavy atom. The topological polar surface area (TPSA) is 85.5 Å². The normalized spacial score (nSPS) is 15.4. The summed E-state index contributed by atoms with van der Waals surface area (Å²) < 4.78 is 68.9. The van der Waals surface area contributed by atoms with E-state index >= 15 is 0 Å². The molecule has 0 spiro atoms. The summed E-state index contributed by atoms with van der Waals surface area (Å²) in [6.07, 6.45) is -1.86. The highest BCUT2D eigenvalue weighted by atomic mass is 32.2. The van der Waals surface area contributed by atoms with Crippen molar-refractivity contribution < 1.29 is 26.3 Å². The summed E-state index contributed by atoms with van der Waals surface area (Å²) in [6, 6.07) is 14.5. The molecule has 0 atom stereocenters. The first kappa shape index (κ1) is 25.2. The Bertz CT molecular complexity index is 1290. The van der Waals surface area contributed by atoms with Gasteiger partial charge in [-0.15, -0.1) is 0 Å². The Labute approximate surface area is 202 Å². The van der Waals surface area contributed by atoms with Crippen molar-refractivity contribution in [2.75, 3.05) is 18.0 Å². The van der Waals surface area contributed by atoms with Gasteiger partial charge in [0, 0.05) is 24.8 Å². The van der Waals surface area contributed by atoms with Crippen molar-refractivity contribution in [3.8, 4) is 11.1 Å². The highest BCUT2D eigenvalue weighted by molar-refractivity contribution is 7.89. The Hall–Kier alpha value is -2.95. The number of ether oxygens (including phenoxy) is 1. The van der Waals surface area contributed by atoms with E-state index in [1.807, 2.05) is 36.1 Å². The zero-order valence-electron chi connectivity index (χ0n) is 19.1. The molecule has 1 aromatic heterocycles. The molecule has 2 aromatic carbocycles. The van der Waals surface area contributed by atoms with Crippen LogP contribution in [0.3, 0.4) is 0 Å². The van der Waals surface area contributed by atoms with Crippen LogP contribution in [-0.4, -0.2) is 32.6 Å². The number of anilines is 1. The fourth-order valence-electron chi connectivity index (χ4n) is 4.13. The average Bonchev–Trinajstić information content (AvgIpc) is 2.82. The molecule has 3 aromatic rings. The van der Waals surface area contributed by atoms with Crippen LogP contribution in [0.2, 0.25) is 0 Å². The van der Waals surface area contributed by atoms with Gasteiger partial charge in [0.25, 0.3) is 0 Å². The summed E-state index contributed by atoms with van der Waals surface area (Å²) in [7, 11) is -3.86. The Kier molecular flexibility index (Phi) is 7.16. The van der Waals surface area contributed by atoms with Crippen molar-refractivity contribution in [2.45, 2.75) is 43.5 Å². The van der Waals surface area contributed by atoms with Crippen LogP contribution in [0.25, 0.3) is 11.1 Å². The maximum Gasteiger partial charge on any atom is 0.416 e. The smallest absolute Gasteiger partial charge is 0.373 e. The summed E-state index contributed by atoms with van der Waals surface area (Å²) in [5.41, 5.74) is 2.44. The van der Waals surface area contributed by atoms with Gasteiger partial charge >= 0.3 is 6.18 Å². The zero-order valence-corrected chi connectivity index (χ0v) is 19.9. The molecule has 2 N–H and O–H groups in total. The molecule has 1 saturated heterocycles. The number of primary sulfonamides is 1. The molecule has 10 heteroatoms. The Morgan fingerprint density at radius 2 is 1.74 bits per heavy atom. The first-order chi connectivity index (χ1) is 16.5. The summed E-state index contributed by atoms with van der Waals surface area (Å²) >= 11 is 0. The first-order valence-electron chi connectivity index (χ1n) is 11.1. The number of sulfonamides is 1. The van der Waals surface area contributed by atoms with E-state index < -0.39 is 21.8 Å². The molecule has 4 rings (SSSR count). The molecule has 1 aliphatic rings.